The molecular weight excluding hydrogens is 652 g/mol. The number of rotatable bonds is 14. The predicted molar refractivity (Wildman–Crippen MR) is 169 cm³/mol. The average molecular weight is 686 g/mol. The zero-order valence-electron chi connectivity index (χ0n) is 25.7. The lowest BCUT2D eigenvalue weighted by molar-refractivity contribution is -0.131. The van der Waals surface area contributed by atoms with Crippen LogP contribution in [0.2, 0.25) is 0 Å². The van der Waals surface area contributed by atoms with Crippen molar-refractivity contribution in [2.24, 2.45) is 5.73 Å². The zero-order chi connectivity index (χ0) is 34.3. The van der Waals surface area contributed by atoms with E-state index in [0.29, 0.717) is 23.7 Å². The number of alkyl halides is 2. The van der Waals surface area contributed by atoms with E-state index in [9.17, 15) is 26.8 Å². The maximum atomic E-state index is 13.3. The third-order valence-electron chi connectivity index (χ3n) is 7.56. The number of primary amides is 1. The molecule has 254 valence electrons. The largest absolute Gasteiger partial charge is 0.472 e. The lowest BCUT2D eigenvalue weighted by Gasteiger charge is -2.25. The normalized spacial score (nSPS) is 16.2. The Kier molecular flexibility index (Phi) is 10.8. The quantitative estimate of drug-likeness (QED) is 0.198. The summed E-state index contributed by atoms with van der Waals surface area (Å²) in [6, 6.07) is 12.1. The molecule has 0 radical (unpaired) electrons. The van der Waals surface area contributed by atoms with Crippen molar-refractivity contribution in [2.45, 2.75) is 43.4 Å². The second-order valence-electron chi connectivity index (χ2n) is 10.7. The number of hydrogen-bond acceptors (Lipinski definition) is 11. The molecule has 1 saturated heterocycles. The maximum Gasteiger partial charge on any atom is 0.404 e. The van der Waals surface area contributed by atoms with Gasteiger partial charge in [-0.15, -0.1) is 0 Å². The first kappa shape index (κ1) is 34.2. The van der Waals surface area contributed by atoms with E-state index in [1.807, 2.05) is 0 Å². The van der Waals surface area contributed by atoms with Gasteiger partial charge in [-0.3, -0.25) is 4.79 Å². The Bertz CT molecular complexity index is 1810. The molecule has 5 rings (SSSR count). The van der Waals surface area contributed by atoms with Crippen LogP contribution in [0, 0.1) is 0 Å². The SMILES string of the molecule is CCS(=O)(=O)c1ccc(CCOC(N)=O)c(NC(=O)c2ccc(N3C[C@@H](Oc4ccc(-n5cccn5)cn4)C[C@H]3COC(F)F)nc2)c1. The fourth-order valence-electron chi connectivity index (χ4n) is 5.15. The average Bonchev–Trinajstić information content (AvgIpc) is 3.75. The topological polar surface area (TPSA) is 181 Å². The fraction of sp³-hybridized carbons (Fsp3) is 0.323. The van der Waals surface area contributed by atoms with Gasteiger partial charge in [0.15, 0.2) is 9.84 Å². The summed E-state index contributed by atoms with van der Waals surface area (Å²) < 4.78 is 68.1. The van der Waals surface area contributed by atoms with Gasteiger partial charge in [-0.05, 0) is 42.0 Å². The summed E-state index contributed by atoms with van der Waals surface area (Å²) in [6.45, 7) is -1.54. The van der Waals surface area contributed by atoms with Crippen LogP contribution in [0.3, 0.4) is 0 Å². The van der Waals surface area contributed by atoms with Gasteiger partial charge < -0.3 is 30.2 Å². The lowest BCUT2D eigenvalue weighted by Crippen LogP contribution is -2.34. The first-order valence-corrected chi connectivity index (χ1v) is 16.5. The van der Waals surface area contributed by atoms with Gasteiger partial charge in [-0.1, -0.05) is 13.0 Å². The molecule has 2 amide bonds. The molecule has 0 spiro atoms. The van der Waals surface area contributed by atoms with Crippen LogP contribution in [-0.2, 0) is 25.7 Å². The van der Waals surface area contributed by atoms with E-state index in [-0.39, 0.29) is 48.1 Å². The van der Waals surface area contributed by atoms with E-state index in [1.165, 1.54) is 37.4 Å². The van der Waals surface area contributed by atoms with Crippen LogP contribution in [0.4, 0.5) is 25.1 Å². The van der Waals surface area contributed by atoms with E-state index < -0.39 is 40.6 Å². The molecule has 0 unspecified atom stereocenters. The minimum Gasteiger partial charge on any atom is -0.472 e. The molecule has 1 aliphatic rings. The van der Waals surface area contributed by atoms with Crippen molar-refractivity contribution in [2.75, 3.05) is 35.7 Å². The molecule has 2 atom stereocenters. The van der Waals surface area contributed by atoms with Crippen LogP contribution < -0.4 is 20.7 Å². The number of hydrogen-bond donors (Lipinski definition) is 2. The number of nitrogens with zero attached hydrogens (tertiary/aromatic N) is 5. The maximum absolute atomic E-state index is 13.3. The molecule has 1 aliphatic heterocycles. The van der Waals surface area contributed by atoms with Crippen LogP contribution in [0.1, 0.15) is 29.3 Å². The number of amides is 2. The van der Waals surface area contributed by atoms with Crippen molar-refractivity contribution in [3.63, 3.8) is 0 Å². The highest BCUT2D eigenvalue weighted by Crippen LogP contribution is 2.29. The van der Waals surface area contributed by atoms with Gasteiger partial charge in [0.25, 0.3) is 5.91 Å². The summed E-state index contributed by atoms with van der Waals surface area (Å²) in [5.41, 5.74) is 6.65. The summed E-state index contributed by atoms with van der Waals surface area (Å²) in [7, 11) is -3.59. The molecule has 4 heterocycles. The van der Waals surface area contributed by atoms with Crippen LogP contribution in [0.25, 0.3) is 5.69 Å². The Balaban J connectivity index is 1.30. The molecule has 4 aromatic rings. The van der Waals surface area contributed by atoms with Crippen LogP contribution in [0.5, 0.6) is 5.88 Å². The van der Waals surface area contributed by atoms with Crippen molar-refractivity contribution in [3.8, 4) is 11.6 Å². The van der Waals surface area contributed by atoms with Crippen molar-refractivity contribution in [1.82, 2.24) is 19.7 Å². The summed E-state index contributed by atoms with van der Waals surface area (Å²) in [5.74, 6) is 0.0312. The van der Waals surface area contributed by atoms with Gasteiger partial charge in [-0.2, -0.15) is 13.9 Å². The predicted octanol–water partition coefficient (Wildman–Crippen LogP) is 3.61. The first-order chi connectivity index (χ1) is 23.0. The number of carbonyl (C=O) groups excluding carboxylic acids is 2. The van der Waals surface area contributed by atoms with Gasteiger partial charge in [-0.25, -0.2) is 27.9 Å². The minimum absolute atomic E-state index is 0.0141. The molecule has 1 aromatic carbocycles. The zero-order valence-corrected chi connectivity index (χ0v) is 26.6. The highest BCUT2D eigenvalue weighted by atomic mass is 32.2. The smallest absolute Gasteiger partial charge is 0.404 e. The number of benzene rings is 1. The first-order valence-electron chi connectivity index (χ1n) is 14.9. The van der Waals surface area contributed by atoms with Crippen molar-refractivity contribution in [1.29, 1.82) is 0 Å². The monoisotopic (exact) mass is 685 g/mol. The summed E-state index contributed by atoms with van der Waals surface area (Å²) in [4.78, 5) is 34.8. The van der Waals surface area contributed by atoms with Gasteiger partial charge in [0.1, 0.15) is 11.9 Å². The Labute approximate surface area is 274 Å². The summed E-state index contributed by atoms with van der Waals surface area (Å²) in [5, 5.41) is 6.88. The molecule has 1 fully saturated rings. The van der Waals surface area contributed by atoms with E-state index in [0.717, 1.165) is 5.69 Å². The van der Waals surface area contributed by atoms with Gasteiger partial charge in [0.2, 0.25) is 5.88 Å². The number of aromatic nitrogens is 4. The van der Waals surface area contributed by atoms with E-state index in [4.69, 9.17) is 15.2 Å². The number of halogens is 2. The molecule has 0 saturated carbocycles. The van der Waals surface area contributed by atoms with Crippen LogP contribution in [0.15, 0.2) is 78.2 Å². The van der Waals surface area contributed by atoms with E-state index >= 15 is 0 Å². The van der Waals surface area contributed by atoms with Crippen molar-refractivity contribution < 1.29 is 41.0 Å². The van der Waals surface area contributed by atoms with Gasteiger partial charge in [0.05, 0.1) is 53.9 Å². The molecule has 48 heavy (non-hydrogen) atoms. The highest BCUT2D eigenvalue weighted by Gasteiger charge is 2.35. The molecule has 17 heteroatoms. The Morgan fingerprint density at radius 3 is 2.60 bits per heavy atom. The molecule has 3 N–H and O–H groups in total. The van der Waals surface area contributed by atoms with Crippen LogP contribution in [-0.4, -0.2) is 84.4 Å². The van der Waals surface area contributed by atoms with E-state index in [1.54, 1.807) is 52.4 Å². The number of nitrogens with two attached hydrogens (primary N) is 1. The van der Waals surface area contributed by atoms with Crippen molar-refractivity contribution >= 4 is 33.3 Å². The van der Waals surface area contributed by atoms with E-state index in [2.05, 4.69) is 25.1 Å². The lowest BCUT2D eigenvalue weighted by atomic mass is 10.1. The third kappa shape index (κ3) is 8.60. The number of anilines is 2. The Morgan fingerprint density at radius 1 is 1.12 bits per heavy atom. The number of nitrogens with one attached hydrogen (secondary N) is 1. The third-order valence-corrected chi connectivity index (χ3v) is 9.29. The summed E-state index contributed by atoms with van der Waals surface area (Å²) in [6.07, 6.45) is 5.47. The van der Waals surface area contributed by atoms with Gasteiger partial charge >= 0.3 is 12.7 Å². The molecule has 0 aliphatic carbocycles. The Morgan fingerprint density at radius 2 is 1.96 bits per heavy atom. The minimum atomic E-state index is -3.59. The molecule has 14 nitrogen and oxygen atoms in total. The number of carbonyl (C=O) groups is 2. The van der Waals surface area contributed by atoms with Gasteiger partial charge in [0, 0.05) is 43.2 Å². The fourth-order valence-corrected chi connectivity index (χ4v) is 6.05. The summed E-state index contributed by atoms with van der Waals surface area (Å²) >= 11 is 0. The molecule has 0 bridgehead atoms. The second kappa shape index (κ2) is 15.2. The number of pyridine rings is 2. The number of sulfone groups is 1. The molecular formula is C31H33F2N7O7S. The van der Waals surface area contributed by atoms with Crippen molar-refractivity contribution in [3.05, 3.63) is 84.4 Å². The standard InChI is InChI=1S/C31H33F2N7O7S/c1-2-48(43,44)25-7-4-20(10-13-45-31(34)42)26(15-25)38-29(41)21-5-8-27(35-16-21)39-18-24(14-23(39)19-46-30(32)33)47-28-9-6-22(17-36-28)40-12-3-11-37-40/h3-9,11-12,15-17,23-24,30H,2,10,13-14,18-19H2,1H3,(H2,34,42)(H,38,41)/t23-,24-/m0/s1. The number of ether oxygens (including phenoxy) is 3. The molecule has 3 aromatic heterocycles. The highest BCUT2D eigenvalue weighted by molar-refractivity contribution is 7.91. The van der Waals surface area contributed by atoms with Crippen LogP contribution >= 0.6 is 0 Å². The second-order valence-corrected chi connectivity index (χ2v) is 13.0. The Hall–Kier alpha value is -5.16.